The molecular weight excluding hydrogens is 310 g/mol. The summed E-state index contributed by atoms with van der Waals surface area (Å²) in [6.45, 7) is 3.85. The number of Topliss-reactive ketones (excluding diaryl/α,β-unsaturated/α-hetero) is 1. The average Bonchev–Trinajstić information content (AvgIpc) is 2.52. The number of carbonyl (C=O) groups excluding carboxylic acids is 1. The van der Waals surface area contributed by atoms with Crippen molar-refractivity contribution in [2.24, 2.45) is 0 Å². The summed E-state index contributed by atoms with van der Waals surface area (Å²) in [4.78, 5) is 24.1. The highest BCUT2D eigenvalue weighted by Crippen LogP contribution is 2.36. The highest BCUT2D eigenvalue weighted by atomic mass is 32.1. The molecule has 0 bridgehead atoms. The van der Waals surface area contributed by atoms with Gasteiger partial charge in [0.05, 0.1) is 11.4 Å². The molecule has 2 aromatic rings. The minimum Gasteiger partial charge on any atom is -0.483 e. The quantitative estimate of drug-likeness (QED) is 0.696. The molecule has 118 valence electrons. The molecule has 0 amide bonds. The Bertz CT molecular complexity index is 865. The highest BCUT2D eigenvalue weighted by molar-refractivity contribution is 7.81. The largest absolute Gasteiger partial charge is 0.483 e. The highest BCUT2D eigenvalue weighted by Gasteiger charge is 2.28. The summed E-state index contributed by atoms with van der Waals surface area (Å²) in [5.74, 6) is 0.717. The van der Waals surface area contributed by atoms with Gasteiger partial charge in [-0.05, 0) is 44.2 Å². The molecule has 0 fully saturated rings. The van der Waals surface area contributed by atoms with Crippen LogP contribution in [0.25, 0.3) is 5.70 Å². The Labute approximate surface area is 139 Å². The normalized spacial score (nSPS) is 15.3. The third-order valence-corrected chi connectivity index (χ3v) is 3.95. The summed E-state index contributed by atoms with van der Waals surface area (Å²) in [7, 11) is 0. The average molecular weight is 327 g/mol. The van der Waals surface area contributed by atoms with Gasteiger partial charge in [0.25, 0.3) is 5.56 Å². The number of hydrogen-bond acceptors (Lipinski definition) is 4. The molecule has 3 rings (SSSR count). The lowest BCUT2D eigenvalue weighted by molar-refractivity contribution is 0.102. The maximum atomic E-state index is 12.2. The van der Waals surface area contributed by atoms with Crippen molar-refractivity contribution in [3.8, 4) is 5.75 Å². The van der Waals surface area contributed by atoms with E-state index in [1.807, 2.05) is 19.9 Å². The fourth-order valence-electron chi connectivity index (χ4n) is 2.63. The number of rotatable bonds is 3. The van der Waals surface area contributed by atoms with E-state index in [1.54, 1.807) is 41.1 Å². The molecule has 1 aromatic heterocycles. The molecule has 0 saturated carbocycles. The smallest absolute Gasteiger partial charge is 0.255 e. The predicted octanol–water partition coefficient (Wildman–Crippen LogP) is 3.02. The van der Waals surface area contributed by atoms with E-state index in [0.29, 0.717) is 11.3 Å². The topological polar surface area (TPSA) is 48.3 Å². The Morgan fingerprint density at radius 1 is 1.26 bits per heavy atom. The fourth-order valence-corrected chi connectivity index (χ4v) is 2.81. The first-order valence-electron chi connectivity index (χ1n) is 7.30. The Kier molecular flexibility index (Phi) is 3.90. The Balaban J connectivity index is 2.23. The third kappa shape index (κ3) is 2.97. The van der Waals surface area contributed by atoms with Gasteiger partial charge in [-0.15, -0.1) is 0 Å². The molecule has 23 heavy (non-hydrogen) atoms. The van der Waals surface area contributed by atoms with Crippen LogP contribution >= 0.6 is 12.6 Å². The molecular formula is C18H17NO3S. The standard InChI is InChI=1S/C18H17NO3S/c1-18(2)10-14(19-8-4-3-5-17(19)21)13-9-12(15(20)11-23)6-7-16(13)22-18/h3-10,23H,11H2,1-2H3. The van der Waals surface area contributed by atoms with Gasteiger partial charge in [-0.1, -0.05) is 6.07 Å². The summed E-state index contributed by atoms with van der Waals surface area (Å²) in [5, 5.41) is 0. The van der Waals surface area contributed by atoms with Crippen molar-refractivity contribution in [1.29, 1.82) is 0 Å². The number of nitrogens with zero attached hydrogens (tertiary/aromatic N) is 1. The van der Waals surface area contributed by atoms with Crippen molar-refractivity contribution in [3.05, 3.63) is 70.2 Å². The number of pyridine rings is 1. The van der Waals surface area contributed by atoms with Gasteiger partial charge in [0.1, 0.15) is 11.4 Å². The predicted molar refractivity (Wildman–Crippen MR) is 93.4 cm³/mol. The van der Waals surface area contributed by atoms with Gasteiger partial charge in [-0.2, -0.15) is 12.6 Å². The summed E-state index contributed by atoms with van der Waals surface area (Å²) in [6.07, 6.45) is 3.61. The van der Waals surface area contributed by atoms with Crippen LogP contribution in [0.5, 0.6) is 5.75 Å². The SMILES string of the molecule is CC1(C)C=C(n2ccccc2=O)c2cc(C(=O)CS)ccc2O1. The van der Waals surface area contributed by atoms with Crippen molar-refractivity contribution in [2.45, 2.75) is 19.4 Å². The number of fused-ring (bicyclic) bond motifs is 1. The number of aromatic nitrogens is 1. The van der Waals surface area contributed by atoms with Gasteiger partial charge >= 0.3 is 0 Å². The number of hydrogen-bond donors (Lipinski definition) is 1. The summed E-state index contributed by atoms with van der Waals surface area (Å²) >= 11 is 4.04. The van der Waals surface area contributed by atoms with E-state index < -0.39 is 5.60 Å². The van der Waals surface area contributed by atoms with Crippen molar-refractivity contribution in [2.75, 3.05) is 5.75 Å². The van der Waals surface area contributed by atoms with Crippen LogP contribution in [0, 0.1) is 0 Å². The van der Waals surface area contributed by atoms with Crippen LogP contribution in [0.15, 0.2) is 53.5 Å². The zero-order valence-corrected chi connectivity index (χ0v) is 13.8. The van der Waals surface area contributed by atoms with E-state index in [9.17, 15) is 9.59 Å². The van der Waals surface area contributed by atoms with E-state index in [-0.39, 0.29) is 17.1 Å². The zero-order chi connectivity index (χ0) is 16.6. The van der Waals surface area contributed by atoms with Crippen LogP contribution in [0.1, 0.15) is 29.8 Å². The molecule has 0 spiro atoms. The summed E-state index contributed by atoms with van der Waals surface area (Å²) in [6, 6.07) is 10.3. The van der Waals surface area contributed by atoms with Crippen molar-refractivity contribution in [1.82, 2.24) is 4.57 Å². The number of ketones is 1. The number of thiol groups is 1. The second kappa shape index (κ2) is 5.74. The van der Waals surface area contributed by atoms with Crippen molar-refractivity contribution < 1.29 is 9.53 Å². The second-order valence-corrected chi connectivity index (χ2v) is 6.25. The maximum Gasteiger partial charge on any atom is 0.255 e. The van der Waals surface area contributed by atoms with E-state index >= 15 is 0 Å². The van der Waals surface area contributed by atoms with Gasteiger partial charge in [-0.3, -0.25) is 14.2 Å². The van der Waals surface area contributed by atoms with Gasteiger partial charge in [-0.25, -0.2) is 0 Å². The molecule has 5 heteroatoms. The molecule has 4 nitrogen and oxygen atoms in total. The van der Waals surface area contributed by atoms with Gasteiger partial charge < -0.3 is 4.74 Å². The number of benzene rings is 1. The lowest BCUT2D eigenvalue weighted by atomic mass is 9.96. The molecule has 1 aliphatic heterocycles. The van der Waals surface area contributed by atoms with Crippen LogP contribution in [0.2, 0.25) is 0 Å². The minimum absolute atomic E-state index is 0.0688. The van der Waals surface area contributed by atoms with E-state index in [4.69, 9.17) is 4.74 Å². The number of carbonyl (C=O) groups is 1. The van der Waals surface area contributed by atoms with E-state index in [2.05, 4.69) is 12.6 Å². The Morgan fingerprint density at radius 2 is 2.04 bits per heavy atom. The lowest BCUT2D eigenvalue weighted by Gasteiger charge is -2.31. The van der Waals surface area contributed by atoms with E-state index in [0.717, 1.165) is 11.3 Å². The van der Waals surface area contributed by atoms with E-state index in [1.165, 1.54) is 6.07 Å². The Hall–Kier alpha value is -2.27. The van der Waals surface area contributed by atoms with Gasteiger partial charge in [0.2, 0.25) is 0 Å². The monoisotopic (exact) mass is 327 g/mol. The summed E-state index contributed by atoms with van der Waals surface area (Å²) < 4.78 is 7.52. The molecule has 0 saturated heterocycles. The first kappa shape index (κ1) is 15.6. The molecule has 1 aromatic carbocycles. The van der Waals surface area contributed by atoms with Crippen LogP contribution in [-0.2, 0) is 0 Å². The molecule has 0 radical (unpaired) electrons. The molecule has 0 N–H and O–H groups in total. The number of ether oxygens (including phenoxy) is 1. The molecule has 0 atom stereocenters. The molecule has 2 heterocycles. The third-order valence-electron chi connectivity index (χ3n) is 3.66. The van der Waals surface area contributed by atoms with Gasteiger partial charge in [0, 0.05) is 23.4 Å². The lowest BCUT2D eigenvalue weighted by Crippen LogP contribution is -2.32. The first-order valence-corrected chi connectivity index (χ1v) is 7.93. The van der Waals surface area contributed by atoms with Crippen molar-refractivity contribution in [3.63, 3.8) is 0 Å². The second-order valence-electron chi connectivity index (χ2n) is 5.94. The molecule has 0 unspecified atom stereocenters. The van der Waals surface area contributed by atoms with Crippen molar-refractivity contribution >= 4 is 24.1 Å². The first-order chi connectivity index (χ1) is 10.9. The van der Waals surface area contributed by atoms with Crippen LogP contribution in [0.4, 0.5) is 0 Å². The van der Waals surface area contributed by atoms with Crippen LogP contribution < -0.4 is 10.3 Å². The summed E-state index contributed by atoms with van der Waals surface area (Å²) in [5.41, 5.74) is 1.32. The fraction of sp³-hybridized carbons (Fsp3) is 0.222. The Morgan fingerprint density at radius 3 is 2.74 bits per heavy atom. The van der Waals surface area contributed by atoms with Crippen LogP contribution in [0.3, 0.4) is 0 Å². The zero-order valence-electron chi connectivity index (χ0n) is 12.9. The molecule has 1 aliphatic rings. The maximum absolute atomic E-state index is 12.2. The van der Waals surface area contributed by atoms with Crippen LogP contribution in [-0.4, -0.2) is 21.7 Å². The molecule has 0 aliphatic carbocycles. The van der Waals surface area contributed by atoms with Gasteiger partial charge in [0.15, 0.2) is 5.78 Å². The minimum atomic E-state index is -0.549.